The van der Waals surface area contributed by atoms with Gasteiger partial charge in [0, 0.05) is 20.1 Å². The molecule has 0 spiro atoms. The van der Waals surface area contributed by atoms with Crippen molar-refractivity contribution in [1.82, 2.24) is 0 Å². The first-order valence-electron chi connectivity index (χ1n) is 12.1. The number of cyclic esters (lactones) is 4. The van der Waals surface area contributed by atoms with Gasteiger partial charge in [-0.2, -0.15) is 0 Å². The van der Waals surface area contributed by atoms with Gasteiger partial charge in [-0.3, -0.25) is 24.0 Å². The zero-order valence-corrected chi connectivity index (χ0v) is 19.2. The predicted octanol–water partition coefficient (Wildman–Crippen LogP) is 2.73. The molecule has 1 amide bonds. The van der Waals surface area contributed by atoms with E-state index in [0.29, 0.717) is 44.4 Å². The van der Waals surface area contributed by atoms with Crippen LogP contribution in [0.25, 0.3) is 0 Å². The number of anilines is 2. The summed E-state index contributed by atoms with van der Waals surface area (Å²) < 4.78 is 15.2. The number of nitrogens with one attached hydrogen (secondary N) is 2. The van der Waals surface area contributed by atoms with Crippen LogP contribution in [0.3, 0.4) is 0 Å². The van der Waals surface area contributed by atoms with Crippen LogP contribution in [0.1, 0.15) is 41.4 Å². The molecule has 6 unspecified atom stereocenters. The molecule has 2 aliphatic carbocycles. The minimum absolute atomic E-state index is 0. The average Bonchev–Trinajstić information content (AvgIpc) is 3.30. The van der Waals surface area contributed by atoms with Gasteiger partial charge in [0.25, 0.3) is 0 Å². The van der Waals surface area contributed by atoms with E-state index in [2.05, 4.69) is 10.6 Å². The van der Waals surface area contributed by atoms with Crippen molar-refractivity contribution in [2.75, 3.05) is 24.0 Å². The molecule has 10 nitrogen and oxygen atoms in total. The Morgan fingerprint density at radius 3 is 2.23 bits per heavy atom. The molecule has 2 aliphatic heterocycles. The number of benzene rings is 1. The minimum Gasteiger partial charge on any atom is -0.393 e. The number of fused-ring (bicyclic) bond motifs is 2. The zero-order valence-electron chi connectivity index (χ0n) is 19.2. The zero-order chi connectivity index (χ0) is 24.5. The first-order chi connectivity index (χ1) is 16.9. The van der Waals surface area contributed by atoms with Gasteiger partial charge < -0.3 is 24.8 Å². The topological polar surface area (TPSA) is 137 Å². The maximum atomic E-state index is 12.8. The van der Waals surface area contributed by atoms with Crippen LogP contribution in [-0.2, 0) is 38.2 Å². The summed E-state index contributed by atoms with van der Waals surface area (Å²) in [4.78, 5) is 59.8. The van der Waals surface area contributed by atoms with Gasteiger partial charge in [-0.1, -0.05) is 6.07 Å². The molecule has 2 saturated carbocycles. The monoisotopic (exact) mass is 488 g/mol. The van der Waals surface area contributed by atoms with Crippen molar-refractivity contribution in [3.8, 4) is 0 Å². The lowest BCUT2D eigenvalue weighted by Crippen LogP contribution is -2.33. The van der Waals surface area contributed by atoms with Gasteiger partial charge in [0.2, 0.25) is 5.91 Å². The van der Waals surface area contributed by atoms with Crippen LogP contribution >= 0.6 is 0 Å². The first kappa shape index (κ1) is 23.5. The first-order valence-corrected chi connectivity index (χ1v) is 12.1. The van der Waals surface area contributed by atoms with Gasteiger partial charge in [0.1, 0.15) is 6.73 Å². The quantitative estimate of drug-likeness (QED) is 0.257. The molecule has 0 bridgehead atoms. The third-order valence-electron chi connectivity index (χ3n) is 7.66. The molecule has 35 heavy (non-hydrogen) atoms. The van der Waals surface area contributed by atoms with Crippen LogP contribution in [0.4, 0.5) is 11.4 Å². The number of esters is 4. The van der Waals surface area contributed by atoms with Crippen LogP contribution in [0.15, 0.2) is 24.3 Å². The Morgan fingerprint density at radius 1 is 0.857 bits per heavy atom. The molecule has 2 N–H and O–H groups in total. The summed E-state index contributed by atoms with van der Waals surface area (Å²) in [6.45, 7) is 0.732. The van der Waals surface area contributed by atoms with Gasteiger partial charge >= 0.3 is 23.9 Å². The van der Waals surface area contributed by atoms with Crippen LogP contribution in [0, 0.1) is 35.5 Å². The summed E-state index contributed by atoms with van der Waals surface area (Å²) in [6.07, 6.45) is 3.41. The summed E-state index contributed by atoms with van der Waals surface area (Å²) in [5.41, 5.74) is 1.39. The molecule has 5 rings (SSSR count). The fraction of sp³-hybridized carbons (Fsp3) is 0.560. The molecule has 4 fully saturated rings. The summed E-state index contributed by atoms with van der Waals surface area (Å²) in [5.74, 6) is -3.69. The number of hydrogen-bond donors (Lipinski definition) is 2. The highest BCUT2D eigenvalue weighted by molar-refractivity contribution is 5.98. The van der Waals surface area contributed by atoms with Gasteiger partial charge in [-0.25, -0.2) is 0 Å². The number of hydrogen-bond acceptors (Lipinski definition) is 9. The molecule has 4 aliphatic rings. The van der Waals surface area contributed by atoms with E-state index in [1.807, 2.05) is 12.1 Å². The number of ether oxygens (including phenoxy) is 3. The van der Waals surface area contributed by atoms with E-state index in [1.165, 1.54) is 0 Å². The second-order valence-corrected chi connectivity index (χ2v) is 9.86. The molecule has 2 heterocycles. The Kier molecular flexibility index (Phi) is 6.55. The van der Waals surface area contributed by atoms with Crippen molar-refractivity contribution in [2.45, 2.75) is 38.5 Å². The Hall–Kier alpha value is -3.27. The van der Waals surface area contributed by atoms with E-state index < -0.39 is 35.7 Å². The van der Waals surface area contributed by atoms with Crippen molar-refractivity contribution in [2.24, 2.45) is 35.5 Å². The molecule has 6 atom stereocenters. The van der Waals surface area contributed by atoms with Crippen LogP contribution < -0.4 is 10.6 Å². The van der Waals surface area contributed by atoms with Crippen molar-refractivity contribution in [1.29, 1.82) is 0 Å². The SMILES string of the molecule is O=C(Nc1cccc(NCOCC2CCC3C(=O)OC(=O)C3C2)c1)C1CCC2C(=O)OC(=O)C2C1.[HH].[HH]. The Labute approximate surface area is 205 Å². The number of rotatable bonds is 7. The third-order valence-corrected chi connectivity index (χ3v) is 7.66. The fourth-order valence-electron chi connectivity index (χ4n) is 5.72. The Morgan fingerprint density at radius 2 is 1.49 bits per heavy atom. The minimum atomic E-state index is -0.521. The van der Waals surface area contributed by atoms with E-state index >= 15 is 0 Å². The van der Waals surface area contributed by atoms with Gasteiger partial charge in [0.05, 0.1) is 30.3 Å². The lowest BCUT2D eigenvalue weighted by atomic mass is 9.75. The fourth-order valence-corrected chi connectivity index (χ4v) is 5.72. The molecule has 190 valence electrons. The van der Waals surface area contributed by atoms with Crippen molar-refractivity contribution < 1.29 is 41.0 Å². The van der Waals surface area contributed by atoms with Crippen molar-refractivity contribution in [3.63, 3.8) is 0 Å². The summed E-state index contributed by atoms with van der Waals surface area (Å²) in [7, 11) is 0. The van der Waals surface area contributed by atoms with Crippen LogP contribution in [-0.4, -0.2) is 43.1 Å². The molecule has 1 aromatic rings. The second kappa shape index (κ2) is 9.77. The maximum Gasteiger partial charge on any atom is 0.317 e. The third kappa shape index (κ3) is 4.93. The molecule has 10 heteroatoms. The van der Waals surface area contributed by atoms with Crippen LogP contribution in [0.5, 0.6) is 0 Å². The summed E-state index contributed by atoms with van der Waals surface area (Å²) >= 11 is 0. The molecule has 0 aromatic heterocycles. The number of carbonyl (C=O) groups excluding carboxylic acids is 5. The highest BCUT2D eigenvalue weighted by Crippen LogP contribution is 2.40. The van der Waals surface area contributed by atoms with Gasteiger partial charge in [0.15, 0.2) is 0 Å². The van der Waals surface area contributed by atoms with Crippen molar-refractivity contribution in [3.05, 3.63) is 24.3 Å². The Bertz CT molecular complexity index is 1070. The lowest BCUT2D eigenvalue weighted by molar-refractivity contribution is -0.155. The molecular weight excluding hydrogens is 456 g/mol. The smallest absolute Gasteiger partial charge is 0.317 e. The van der Waals surface area contributed by atoms with Crippen LogP contribution in [0.2, 0.25) is 0 Å². The van der Waals surface area contributed by atoms with Gasteiger partial charge in [-0.15, -0.1) is 0 Å². The predicted molar refractivity (Wildman–Crippen MR) is 125 cm³/mol. The normalized spacial score (nSPS) is 31.9. The standard InChI is InChI=1S/C25H28N2O8.2H2/c28-21(14-5-7-18-20(9-14)25(32)35-23(18)30)27-16-3-1-2-15(10-16)26-12-33-11-13-4-6-17-19(8-13)24(31)34-22(17)29;;/h1-3,10,13-14,17-20,26H,4-9,11-12H2,(H,27,28);2*1H. The molecule has 2 saturated heterocycles. The Balaban J connectivity index is 0.00000190. The molecule has 0 radical (unpaired) electrons. The molecular formula is C25H32N2O8. The summed E-state index contributed by atoms with van der Waals surface area (Å²) in [6, 6.07) is 7.25. The van der Waals surface area contributed by atoms with Gasteiger partial charge in [-0.05, 0) is 62.6 Å². The second-order valence-electron chi connectivity index (χ2n) is 9.86. The highest BCUT2D eigenvalue weighted by Gasteiger charge is 2.49. The highest BCUT2D eigenvalue weighted by atomic mass is 16.6. The molecule has 1 aromatic carbocycles. The summed E-state index contributed by atoms with van der Waals surface area (Å²) in [5, 5.41) is 6.06. The average molecular weight is 489 g/mol. The largest absolute Gasteiger partial charge is 0.393 e. The van der Waals surface area contributed by atoms with E-state index in [-0.39, 0.29) is 39.2 Å². The number of amides is 1. The lowest BCUT2D eigenvalue weighted by Gasteiger charge is -2.27. The van der Waals surface area contributed by atoms with E-state index in [1.54, 1.807) is 12.1 Å². The van der Waals surface area contributed by atoms with E-state index in [9.17, 15) is 24.0 Å². The van der Waals surface area contributed by atoms with Crippen molar-refractivity contribution >= 4 is 41.2 Å². The maximum absolute atomic E-state index is 12.8. The van der Waals surface area contributed by atoms with E-state index in [0.717, 1.165) is 12.1 Å². The number of carbonyl (C=O) groups is 5. The van der Waals surface area contributed by atoms with E-state index in [4.69, 9.17) is 14.2 Å².